The van der Waals surface area contributed by atoms with Gasteiger partial charge in [0.25, 0.3) is 0 Å². The molecule has 0 aliphatic carbocycles. The van der Waals surface area contributed by atoms with E-state index in [9.17, 15) is 4.79 Å². The predicted molar refractivity (Wildman–Crippen MR) is 66.2 cm³/mol. The Morgan fingerprint density at radius 2 is 2.38 bits per heavy atom. The summed E-state index contributed by atoms with van der Waals surface area (Å²) in [5.74, 6) is 0.239. The highest BCUT2D eigenvalue weighted by molar-refractivity contribution is 7.99. The summed E-state index contributed by atoms with van der Waals surface area (Å²) in [5, 5.41) is 1.17. The molecule has 16 heavy (non-hydrogen) atoms. The van der Waals surface area contributed by atoms with Gasteiger partial charge in [-0.25, -0.2) is 9.78 Å². The number of carbonyl (C=O) groups excluding carboxylic acids is 1. The van der Waals surface area contributed by atoms with Crippen molar-refractivity contribution >= 4 is 29.3 Å². The number of halogens is 1. The van der Waals surface area contributed by atoms with Gasteiger partial charge < -0.3 is 4.74 Å². The zero-order chi connectivity index (χ0) is 12.0. The Morgan fingerprint density at radius 3 is 2.88 bits per heavy atom. The molecule has 0 radical (unpaired) electrons. The Bertz CT molecular complexity index is 342. The van der Waals surface area contributed by atoms with Crippen LogP contribution in [0, 0.1) is 0 Å². The average Bonchev–Trinajstić information content (AvgIpc) is 2.30. The number of hydrogen-bond donors (Lipinski definition) is 0. The van der Waals surface area contributed by atoms with E-state index < -0.39 is 0 Å². The summed E-state index contributed by atoms with van der Waals surface area (Å²) in [6.07, 6.45) is 1.53. The van der Waals surface area contributed by atoms with Crippen molar-refractivity contribution in [3.8, 4) is 0 Å². The third-order valence-electron chi connectivity index (χ3n) is 1.79. The average molecular weight is 260 g/mol. The number of alkyl halides is 1. The molecular formula is C11H14ClNO2S. The van der Waals surface area contributed by atoms with Crippen molar-refractivity contribution in [2.24, 2.45) is 0 Å². The molecule has 0 aliphatic rings. The lowest BCUT2D eigenvalue weighted by molar-refractivity contribution is 0.0525. The fourth-order valence-electron chi connectivity index (χ4n) is 1.02. The number of aromatic nitrogens is 1. The Hall–Kier alpha value is -0.740. The summed E-state index contributed by atoms with van der Waals surface area (Å²) < 4.78 is 4.86. The molecule has 1 unspecified atom stereocenters. The minimum Gasteiger partial charge on any atom is -0.462 e. The smallest absolute Gasteiger partial charge is 0.339 e. The zero-order valence-electron chi connectivity index (χ0n) is 9.27. The van der Waals surface area contributed by atoms with Crippen molar-refractivity contribution in [3.63, 3.8) is 0 Å². The molecule has 0 amide bonds. The first-order valence-electron chi connectivity index (χ1n) is 5.03. The van der Waals surface area contributed by atoms with E-state index in [2.05, 4.69) is 4.98 Å². The van der Waals surface area contributed by atoms with Gasteiger partial charge in [-0.3, -0.25) is 0 Å². The van der Waals surface area contributed by atoms with Crippen LogP contribution >= 0.6 is 23.4 Å². The minimum atomic E-state index is -0.336. The molecule has 1 rings (SSSR count). The molecular weight excluding hydrogens is 246 g/mol. The van der Waals surface area contributed by atoms with E-state index in [1.54, 1.807) is 30.8 Å². The van der Waals surface area contributed by atoms with Gasteiger partial charge in [0.05, 0.1) is 17.2 Å². The normalized spacial score (nSPS) is 12.2. The molecule has 0 saturated heterocycles. The van der Waals surface area contributed by atoms with Crippen molar-refractivity contribution in [1.82, 2.24) is 4.98 Å². The molecule has 1 heterocycles. The Morgan fingerprint density at radius 1 is 1.62 bits per heavy atom. The van der Waals surface area contributed by atoms with E-state index in [-0.39, 0.29) is 5.97 Å². The second-order valence-corrected chi connectivity index (χ2v) is 4.96. The van der Waals surface area contributed by atoms with E-state index in [1.165, 1.54) is 6.20 Å². The maximum Gasteiger partial charge on any atom is 0.339 e. The van der Waals surface area contributed by atoms with Crippen LogP contribution in [0.3, 0.4) is 0 Å². The van der Waals surface area contributed by atoms with Gasteiger partial charge in [0.2, 0.25) is 0 Å². The van der Waals surface area contributed by atoms with Crippen LogP contribution in [0.5, 0.6) is 0 Å². The second kappa shape index (κ2) is 6.76. The van der Waals surface area contributed by atoms with E-state index in [0.29, 0.717) is 23.3 Å². The number of pyridine rings is 1. The molecule has 1 aromatic rings. The summed E-state index contributed by atoms with van der Waals surface area (Å²) in [4.78, 5) is 15.5. The molecule has 0 aliphatic heterocycles. The van der Waals surface area contributed by atoms with Crippen molar-refractivity contribution in [3.05, 3.63) is 23.9 Å². The maximum atomic E-state index is 11.3. The van der Waals surface area contributed by atoms with Gasteiger partial charge in [0.1, 0.15) is 0 Å². The van der Waals surface area contributed by atoms with Gasteiger partial charge in [0.15, 0.2) is 0 Å². The van der Waals surface area contributed by atoms with Crippen LogP contribution in [0.2, 0.25) is 0 Å². The lowest BCUT2D eigenvalue weighted by Gasteiger charge is -2.06. The van der Waals surface area contributed by atoms with Crippen LogP contribution in [-0.4, -0.2) is 28.7 Å². The second-order valence-electron chi connectivity index (χ2n) is 3.19. The van der Waals surface area contributed by atoms with Crippen molar-refractivity contribution in [1.29, 1.82) is 0 Å². The van der Waals surface area contributed by atoms with Crippen LogP contribution in [0.25, 0.3) is 0 Å². The first-order chi connectivity index (χ1) is 7.67. The summed E-state index contributed by atoms with van der Waals surface area (Å²) in [6, 6.07) is 3.52. The lowest BCUT2D eigenvalue weighted by Crippen LogP contribution is -2.05. The largest absolute Gasteiger partial charge is 0.462 e. The standard InChI is InChI=1S/C11H14ClNO2S/c1-3-15-11(14)9-4-5-10(13-7-9)16-8(2)6-12/h4-5,7-8H,3,6H2,1-2H3. The third kappa shape index (κ3) is 4.02. The Kier molecular flexibility index (Phi) is 5.63. The van der Waals surface area contributed by atoms with Gasteiger partial charge in [-0.1, -0.05) is 6.92 Å². The molecule has 0 fully saturated rings. The number of nitrogens with zero attached hydrogens (tertiary/aromatic N) is 1. The fraction of sp³-hybridized carbons (Fsp3) is 0.455. The van der Waals surface area contributed by atoms with Gasteiger partial charge in [0, 0.05) is 17.3 Å². The summed E-state index contributed by atoms with van der Waals surface area (Å²) >= 11 is 7.28. The topological polar surface area (TPSA) is 39.2 Å². The fourth-order valence-corrected chi connectivity index (χ4v) is 1.95. The molecule has 0 bridgehead atoms. The van der Waals surface area contributed by atoms with Gasteiger partial charge in [-0.05, 0) is 19.1 Å². The zero-order valence-corrected chi connectivity index (χ0v) is 10.8. The number of hydrogen-bond acceptors (Lipinski definition) is 4. The summed E-state index contributed by atoms with van der Waals surface area (Å²) in [6.45, 7) is 4.18. The SMILES string of the molecule is CCOC(=O)c1ccc(SC(C)CCl)nc1. The summed E-state index contributed by atoms with van der Waals surface area (Å²) in [7, 11) is 0. The van der Waals surface area contributed by atoms with Crippen LogP contribution in [0.4, 0.5) is 0 Å². The Labute approximate surface area is 105 Å². The molecule has 0 N–H and O–H groups in total. The molecule has 1 atom stereocenters. The lowest BCUT2D eigenvalue weighted by atomic mass is 10.3. The van der Waals surface area contributed by atoms with Crippen molar-refractivity contribution in [2.45, 2.75) is 24.1 Å². The molecule has 1 aromatic heterocycles. The predicted octanol–water partition coefficient (Wildman–Crippen LogP) is 2.98. The molecule has 5 heteroatoms. The highest BCUT2D eigenvalue weighted by Gasteiger charge is 2.08. The molecule has 88 valence electrons. The minimum absolute atomic E-state index is 0.308. The number of esters is 1. The van der Waals surface area contributed by atoms with Crippen molar-refractivity contribution in [2.75, 3.05) is 12.5 Å². The molecule has 0 saturated carbocycles. The highest BCUT2D eigenvalue weighted by atomic mass is 35.5. The molecule has 3 nitrogen and oxygen atoms in total. The van der Waals surface area contributed by atoms with Gasteiger partial charge >= 0.3 is 5.97 Å². The van der Waals surface area contributed by atoms with E-state index in [0.717, 1.165) is 5.03 Å². The first kappa shape index (κ1) is 13.3. The first-order valence-corrected chi connectivity index (χ1v) is 6.44. The van der Waals surface area contributed by atoms with Crippen LogP contribution < -0.4 is 0 Å². The number of rotatable bonds is 5. The monoisotopic (exact) mass is 259 g/mol. The number of carbonyl (C=O) groups is 1. The van der Waals surface area contributed by atoms with Gasteiger partial charge in [-0.2, -0.15) is 0 Å². The van der Waals surface area contributed by atoms with Crippen LogP contribution in [0.1, 0.15) is 24.2 Å². The number of ether oxygens (including phenoxy) is 1. The summed E-state index contributed by atoms with van der Waals surface area (Å²) in [5.41, 5.74) is 0.477. The number of thioether (sulfide) groups is 1. The quantitative estimate of drug-likeness (QED) is 0.463. The van der Waals surface area contributed by atoms with E-state index >= 15 is 0 Å². The van der Waals surface area contributed by atoms with Crippen molar-refractivity contribution < 1.29 is 9.53 Å². The molecule has 0 aromatic carbocycles. The van der Waals surface area contributed by atoms with Gasteiger partial charge in [-0.15, -0.1) is 23.4 Å². The highest BCUT2D eigenvalue weighted by Crippen LogP contribution is 2.21. The maximum absolute atomic E-state index is 11.3. The molecule has 0 spiro atoms. The third-order valence-corrected chi connectivity index (χ3v) is 3.48. The van der Waals surface area contributed by atoms with E-state index in [1.807, 2.05) is 6.92 Å². The Balaban J connectivity index is 2.64. The van der Waals surface area contributed by atoms with Crippen LogP contribution in [-0.2, 0) is 4.74 Å². The van der Waals surface area contributed by atoms with Crippen LogP contribution in [0.15, 0.2) is 23.4 Å². The van der Waals surface area contributed by atoms with E-state index in [4.69, 9.17) is 16.3 Å².